The molecule has 1 atom stereocenters. The molecule has 0 aromatic heterocycles. The average molecular weight is 395 g/mol. The zero-order valence-electron chi connectivity index (χ0n) is 16.4. The molecule has 3 aromatic carbocycles. The standard InChI is InChI=1S/C25H24F3N/c1-18(15-19-9-10-20-5-2-3-6-22(20)16-19)29-13-11-21(12-14-29)23-7-4-8-24(17-23)25(26,27)28/h2-11,16-18H,12-15H2,1H3. The molecule has 1 heterocycles. The Morgan fingerprint density at radius 2 is 1.72 bits per heavy atom. The van der Waals surface area contributed by atoms with Crippen LogP contribution in [0.3, 0.4) is 0 Å². The van der Waals surface area contributed by atoms with Crippen LogP contribution in [0.1, 0.15) is 30.0 Å². The van der Waals surface area contributed by atoms with Crippen LogP contribution in [0.5, 0.6) is 0 Å². The van der Waals surface area contributed by atoms with E-state index in [1.54, 1.807) is 6.07 Å². The normalized spacial score (nSPS) is 16.6. The quantitative estimate of drug-likeness (QED) is 0.482. The Balaban J connectivity index is 1.43. The average Bonchev–Trinajstić information content (AvgIpc) is 2.73. The maximum Gasteiger partial charge on any atom is 0.416 e. The molecular formula is C25H24F3N. The van der Waals surface area contributed by atoms with Gasteiger partial charge in [-0.3, -0.25) is 4.90 Å². The van der Waals surface area contributed by atoms with E-state index in [2.05, 4.69) is 54.3 Å². The Labute approximate surface area is 169 Å². The highest BCUT2D eigenvalue weighted by atomic mass is 19.4. The second-order valence-electron chi connectivity index (χ2n) is 7.79. The van der Waals surface area contributed by atoms with Crippen LogP contribution >= 0.6 is 0 Å². The lowest BCUT2D eigenvalue weighted by Crippen LogP contribution is -2.37. The summed E-state index contributed by atoms with van der Waals surface area (Å²) in [5.41, 5.74) is 2.42. The number of fused-ring (bicyclic) bond motifs is 1. The van der Waals surface area contributed by atoms with Gasteiger partial charge in [-0.25, -0.2) is 0 Å². The van der Waals surface area contributed by atoms with Crippen molar-refractivity contribution in [3.8, 4) is 0 Å². The van der Waals surface area contributed by atoms with E-state index in [4.69, 9.17) is 0 Å². The van der Waals surface area contributed by atoms with Crippen molar-refractivity contribution in [2.24, 2.45) is 0 Å². The topological polar surface area (TPSA) is 3.24 Å². The fourth-order valence-electron chi connectivity index (χ4n) is 4.08. The molecule has 0 N–H and O–H groups in total. The molecule has 1 nitrogen and oxygen atoms in total. The second-order valence-corrected chi connectivity index (χ2v) is 7.79. The smallest absolute Gasteiger partial charge is 0.296 e. The van der Waals surface area contributed by atoms with Crippen molar-refractivity contribution in [2.45, 2.75) is 32.0 Å². The predicted molar refractivity (Wildman–Crippen MR) is 113 cm³/mol. The first-order chi connectivity index (χ1) is 13.9. The number of hydrogen-bond donors (Lipinski definition) is 0. The van der Waals surface area contributed by atoms with Gasteiger partial charge in [0.05, 0.1) is 5.56 Å². The summed E-state index contributed by atoms with van der Waals surface area (Å²) in [5, 5.41) is 2.50. The van der Waals surface area contributed by atoms with Gasteiger partial charge in [0, 0.05) is 19.1 Å². The summed E-state index contributed by atoms with van der Waals surface area (Å²) in [7, 11) is 0. The number of benzene rings is 3. The van der Waals surface area contributed by atoms with Crippen molar-refractivity contribution in [3.05, 3.63) is 89.5 Å². The van der Waals surface area contributed by atoms with Crippen molar-refractivity contribution in [1.29, 1.82) is 0 Å². The molecule has 1 unspecified atom stereocenters. The molecule has 0 fully saturated rings. The van der Waals surface area contributed by atoms with Gasteiger partial charge in [0.1, 0.15) is 0 Å². The summed E-state index contributed by atoms with van der Waals surface area (Å²) >= 11 is 0. The van der Waals surface area contributed by atoms with E-state index >= 15 is 0 Å². The van der Waals surface area contributed by atoms with E-state index in [0.29, 0.717) is 11.6 Å². The lowest BCUT2D eigenvalue weighted by atomic mass is 9.96. The van der Waals surface area contributed by atoms with Crippen molar-refractivity contribution < 1.29 is 13.2 Å². The summed E-state index contributed by atoms with van der Waals surface area (Å²) in [4.78, 5) is 2.40. The first kappa shape index (κ1) is 19.7. The van der Waals surface area contributed by atoms with Gasteiger partial charge in [-0.1, -0.05) is 60.7 Å². The van der Waals surface area contributed by atoms with Gasteiger partial charge in [-0.15, -0.1) is 0 Å². The minimum atomic E-state index is -4.30. The fraction of sp³-hybridized carbons (Fsp3) is 0.280. The summed E-state index contributed by atoms with van der Waals surface area (Å²) in [6.45, 7) is 3.84. The molecule has 0 amide bonds. The highest BCUT2D eigenvalue weighted by Crippen LogP contribution is 2.32. The molecule has 3 aromatic rings. The Bertz CT molecular complexity index is 1040. The molecule has 1 aliphatic heterocycles. The second kappa shape index (κ2) is 8.03. The van der Waals surface area contributed by atoms with Crippen molar-refractivity contribution in [3.63, 3.8) is 0 Å². The molecule has 29 heavy (non-hydrogen) atoms. The van der Waals surface area contributed by atoms with E-state index in [1.165, 1.54) is 28.5 Å². The molecule has 4 heteroatoms. The SMILES string of the molecule is CC(Cc1ccc2ccccc2c1)N1CC=C(c2cccc(C(F)(F)F)c2)CC1. The number of hydrogen-bond acceptors (Lipinski definition) is 1. The maximum absolute atomic E-state index is 13.0. The van der Waals surface area contributed by atoms with E-state index in [0.717, 1.165) is 37.6 Å². The zero-order valence-corrected chi connectivity index (χ0v) is 16.4. The van der Waals surface area contributed by atoms with Crippen LogP contribution in [0, 0.1) is 0 Å². The molecule has 1 aliphatic rings. The van der Waals surface area contributed by atoms with Crippen LogP contribution in [-0.4, -0.2) is 24.0 Å². The zero-order chi connectivity index (χ0) is 20.4. The van der Waals surface area contributed by atoms with Gasteiger partial charge in [0.2, 0.25) is 0 Å². The largest absolute Gasteiger partial charge is 0.416 e. The van der Waals surface area contributed by atoms with Gasteiger partial charge in [0.25, 0.3) is 0 Å². The Kier molecular flexibility index (Phi) is 5.46. The molecule has 0 saturated carbocycles. The van der Waals surface area contributed by atoms with Gasteiger partial charge in [-0.2, -0.15) is 13.2 Å². The van der Waals surface area contributed by atoms with Crippen LogP contribution < -0.4 is 0 Å². The van der Waals surface area contributed by atoms with E-state index in [9.17, 15) is 13.2 Å². The van der Waals surface area contributed by atoms with Gasteiger partial charge in [0.15, 0.2) is 0 Å². The fourth-order valence-corrected chi connectivity index (χ4v) is 4.08. The van der Waals surface area contributed by atoms with Crippen molar-refractivity contribution in [2.75, 3.05) is 13.1 Å². The lowest BCUT2D eigenvalue weighted by molar-refractivity contribution is -0.137. The first-order valence-corrected chi connectivity index (χ1v) is 9.98. The van der Waals surface area contributed by atoms with Gasteiger partial charge < -0.3 is 0 Å². The third kappa shape index (κ3) is 4.54. The minimum absolute atomic E-state index is 0.371. The number of rotatable bonds is 4. The van der Waals surface area contributed by atoms with Crippen molar-refractivity contribution in [1.82, 2.24) is 4.90 Å². The van der Waals surface area contributed by atoms with E-state index < -0.39 is 11.7 Å². The maximum atomic E-state index is 13.0. The van der Waals surface area contributed by atoms with Gasteiger partial charge in [-0.05, 0) is 59.4 Å². The number of halogens is 3. The van der Waals surface area contributed by atoms with Crippen LogP contribution in [0.2, 0.25) is 0 Å². The molecule has 0 spiro atoms. The molecule has 0 radical (unpaired) electrons. The molecule has 4 rings (SSSR count). The Morgan fingerprint density at radius 3 is 2.45 bits per heavy atom. The van der Waals surface area contributed by atoms with Crippen LogP contribution in [0.15, 0.2) is 72.8 Å². The lowest BCUT2D eigenvalue weighted by Gasteiger charge is -2.32. The Hall–Kier alpha value is -2.59. The molecule has 0 aliphatic carbocycles. The van der Waals surface area contributed by atoms with E-state index in [1.807, 2.05) is 6.07 Å². The third-order valence-electron chi connectivity index (χ3n) is 5.77. The monoisotopic (exact) mass is 395 g/mol. The predicted octanol–water partition coefficient (Wildman–Crippen LogP) is 6.58. The van der Waals surface area contributed by atoms with E-state index in [-0.39, 0.29) is 0 Å². The summed E-state index contributed by atoms with van der Waals surface area (Å²) in [5.74, 6) is 0. The number of alkyl halides is 3. The van der Waals surface area contributed by atoms with Crippen LogP contribution in [0.4, 0.5) is 13.2 Å². The highest BCUT2D eigenvalue weighted by Gasteiger charge is 2.30. The summed E-state index contributed by atoms with van der Waals surface area (Å²) < 4.78 is 38.9. The Morgan fingerprint density at radius 1 is 0.931 bits per heavy atom. The molecule has 0 bridgehead atoms. The molecule has 0 saturated heterocycles. The molecule has 150 valence electrons. The van der Waals surface area contributed by atoms with Gasteiger partial charge >= 0.3 is 6.18 Å². The van der Waals surface area contributed by atoms with Crippen LogP contribution in [0.25, 0.3) is 16.3 Å². The summed E-state index contributed by atoms with van der Waals surface area (Å²) in [6.07, 6.45) is -0.498. The highest BCUT2D eigenvalue weighted by molar-refractivity contribution is 5.83. The van der Waals surface area contributed by atoms with Crippen molar-refractivity contribution >= 4 is 16.3 Å². The third-order valence-corrected chi connectivity index (χ3v) is 5.77. The summed E-state index contributed by atoms with van der Waals surface area (Å²) in [6, 6.07) is 21.0. The van der Waals surface area contributed by atoms with Crippen LogP contribution in [-0.2, 0) is 12.6 Å². The minimum Gasteiger partial charge on any atom is -0.296 e. The first-order valence-electron chi connectivity index (χ1n) is 9.98. The number of nitrogens with zero attached hydrogens (tertiary/aromatic N) is 1. The molecular weight excluding hydrogens is 371 g/mol.